The zero-order valence-electron chi connectivity index (χ0n) is 10.9. The lowest BCUT2D eigenvalue weighted by Crippen LogP contribution is -2.21. The molecule has 0 saturated heterocycles. The van der Waals surface area contributed by atoms with Crippen molar-refractivity contribution < 1.29 is 4.79 Å². The van der Waals surface area contributed by atoms with Crippen molar-refractivity contribution in [3.63, 3.8) is 0 Å². The molecule has 21 heavy (non-hydrogen) atoms. The summed E-state index contributed by atoms with van der Waals surface area (Å²) in [7, 11) is 0. The molecule has 0 radical (unpaired) electrons. The highest BCUT2D eigenvalue weighted by Crippen LogP contribution is 2.23. The van der Waals surface area contributed by atoms with Gasteiger partial charge in [-0.15, -0.1) is 11.3 Å². The van der Waals surface area contributed by atoms with Crippen molar-refractivity contribution in [2.45, 2.75) is 6.54 Å². The first kappa shape index (κ1) is 14.3. The van der Waals surface area contributed by atoms with Crippen molar-refractivity contribution in [2.75, 3.05) is 0 Å². The van der Waals surface area contributed by atoms with Crippen molar-refractivity contribution in [3.8, 4) is 11.1 Å². The maximum atomic E-state index is 12.0. The maximum absolute atomic E-state index is 12.0. The zero-order chi connectivity index (χ0) is 14.7. The molecule has 3 nitrogen and oxygen atoms in total. The van der Waals surface area contributed by atoms with Crippen molar-refractivity contribution >= 4 is 40.2 Å². The Morgan fingerprint density at radius 2 is 2.14 bits per heavy atom. The molecule has 0 bridgehead atoms. The molecule has 0 aliphatic rings. The number of halogens is 1. The Labute approximate surface area is 135 Å². The molecule has 3 aromatic rings. The van der Waals surface area contributed by atoms with Gasteiger partial charge in [-0.2, -0.15) is 11.3 Å². The standard InChI is InChI=1S/C15H11ClN2OS2/c16-14-2-1-13(21-14)15(19)18-7-10-5-12(8-17-6-10)11-3-4-20-9-11/h1-6,8-9H,7H2,(H,18,19). The predicted molar refractivity (Wildman–Crippen MR) is 88.0 cm³/mol. The summed E-state index contributed by atoms with van der Waals surface area (Å²) in [6.45, 7) is 0.444. The third-order valence-corrected chi connectivity index (χ3v) is 4.81. The fourth-order valence-corrected chi connectivity index (χ4v) is 3.50. The van der Waals surface area contributed by atoms with Gasteiger partial charge in [0.05, 0.1) is 9.21 Å². The average molecular weight is 335 g/mol. The van der Waals surface area contributed by atoms with Gasteiger partial charge in [0.2, 0.25) is 0 Å². The fourth-order valence-electron chi connectivity index (χ4n) is 1.88. The second-order valence-corrected chi connectivity index (χ2v) is 6.88. The molecule has 3 aromatic heterocycles. The molecule has 6 heteroatoms. The van der Waals surface area contributed by atoms with Crippen LogP contribution in [0.1, 0.15) is 15.2 Å². The smallest absolute Gasteiger partial charge is 0.261 e. The predicted octanol–water partition coefficient (Wildman–Crippen LogP) is 4.46. The summed E-state index contributed by atoms with van der Waals surface area (Å²) < 4.78 is 0.612. The SMILES string of the molecule is O=C(NCc1cncc(-c2ccsc2)c1)c1ccc(Cl)s1. The molecule has 0 unspecified atom stereocenters. The number of aromatic nitrogens is 1. The van der Waals surface area contributed by atoms with Gasteiger partial charge in [0.1, 0.15) is 0 Å². The molecule has 1 N–H and O–H groups in total. The van der Waals surface area contributed by atoms with Crippen LogP contribution < -0.4 is 5.32 Å². The van der Waals surface area contributed by atoms with E-state index in [4.69, 9.17) is 11.6 Å². The Hall–Kier alpha value is -1.69. The number of carbonyl (C=O) groups excluding carboxylic acids is 1. The van der Waals surface area contributed by atoms with E-state index in [1.54, 1.807) is 29.7 Å². The van der Waals surface area contributed by atoms with E-state index in [1.807, 2.05) is 17.6 Å². The summed E-state index contributed by atoms with van der Waals surface area (Å²) in [6.07, 6.45) is 3.59. The Bertz CT molecular complexity index is 753. The van der Waals surface area contributed by atoms with E-state index in [0.717, 1.165) is 16.7 Å². The van der Waals surface area contributed by atoms with E-state index in [2.05, 4.69) is 21.7 Å². The van der Waals surface area contributed by atoms with Gasteiger partial charge in [-0.1, -0.05) is 11.6 Å². The molecule has 3 rings (SSSR count). The second-order valence-electron chi connectivity index (χ2n) is 4.38. The van der Waals surface area contributed by atoms with Gasteiger partial charge >= 0.3 is 0 Å². The van der Waals surface area contributed by atoms with Gasteiger partial charge in [-0.3, -0.25) is 9.78 Å². The highest BCUT2D eigenvalue weighted by molar-refractivity contribution is 7.18. The van der Waals surface area contributed by atoms with Crippen molar-refractivity contribution in [1.82, 2.24) is 10.3 Å². The first-order valence-electron chi connectivity index (χ1n) is 6.22. The number of carbonyl (C=O) groups is 1. The van der Waals surface area contributed by atoms with E-state index >= 15 is 0 Å². The topological polar surface area (TPSA) is 42.0 Å². The van der Waals surface area contributed by atoms with Gasteiger partial charge in [0.25, 0.3) is 5.91 Å². The first-order chi connectivity index (χ1) is 10.2. The number of pyridine rings is 1. The third kappa shape index (κ3) is 3.50. The summed E-state index contributed by atoms with van der Waals surface area (Å²) in [5.41, 5.74) is 3.17. The van der Waals surface area contributed by atoms with E-state index in [0.29, 0.717) is 15.8 Å². The largest absolute Gasteiger partial charge is 0.347 e. The van der Waals surface area contributed by atoms with Gasteiger partial charge in [-0.05, 0) is 46.2 Å². The normalized spacial score (nSPS) is 10.5. The average Bonchev–Trinajstić information content (AvgIpc) is 3.16. The minimum atomic E-state index is -0.118. The molecule has 106 valence electrons. The number of rotatable bonds is 4. The minimum Gasteiger partial charge on any atom is -0.347 e. The Kier molecular flexibility index (Phi) is 4.34. The zero-order valence-corrected chi connectivity index (χ0v) is 13.3. The molecular formula is C15H11ClN2OS2. The van der Waals surface area contributed by atoms with Crippen LogP contribution in [0.15, 0.2) is 47.4 Å². The van der Waals surface area contributed by atoms with Crippen LogP contribution >= 0.6 is 34.3 Å². The fraction of sp³-hybridized carbons (Fsp3) is 0.0667. The van der Waals surface area contributed by atoms with Crippen LogP contribution in [-0.2, 0) is 6.54 Å². The summed E-state index contributed by atoms with van der Waals surface area (Å²) in [4.78, 5) is 16.8. The molecule has 0 aliphatic heterocycles. The molecule has 0 fully saturated rings. The Morgan fingerprint density at radius 1 is 1.24 bits per heavy atom. The van der Waals surface area contributed by atoms with Gasteiger partial charge in [0, 0.05) is 24.5 Å². The minimum absolute atomic E-state index is 0.118. The number of hydrogen-bond acceptors (Lipinski definition) is 4. The lowest BCUT2D eigenvalue weighted by Gasteiger charge is -2.05. The van der Waals surface area contributed by atoms with Gasteiger partial charge < -0.3 is 5.32 Å². The summed E-state index contributed by atoms with van der Waals surface area (Å²) >= 11 is 8.75. The van der Waals surface area contributed by atoms with E-state index in [9.17, 15) is 4.79 Å². The van der Waals surface area contributed by atoms with Crippen LogP contribution in [-0.4, -0.2) is 10.9 Å². The lowest BCUT2D eigenvalue weighted by atomic mass is 10.1. The van der Waals surface area contributed by atoms with Crippen LogP contribution in [0.2, 0.25) is 4.34 Å². The highest BCUT2D eigenvalue weighted by atomic mass is 35.5. The molecule has 0 saturated carbocycles. The second kappa shape index (κ2) is 6.39. The van der Waals surface area contributed by atoms with Crippen LogP contribution in [0.3, 0.4) is 0 Å². The Morgan fingerprint density at radius 3 is 2.86 bits per heavy atom. The van der Waals surface area contributed by atoms with Crippen molar-refractivity contribution in [3.05, 3.63) is 62.2 Å². The number of thiophene rings is 2. The number of nitrogens with one attached hydrogen (secondary N) is 1. The summed E-state index contributed by atoms with van der Waals surface area (Å²) in [5, 5.41) is 6.98. The van der Waals surface area contributed by atoms with E-state index in [-0.39, 0.29) is 5.91 Å². The van der Waals surface area contributed by atoms with Crippen LogP contribution in [0.5, 0.6) is 0 Å². The highest BCUT2D eigenvalue weighted by Gasteiger charge is 2.08. The van der Waals surface area contributed by atoms with Crippen LogP contribution in [0, 0.1) is 0 Å². The van der Waals surface area contributed by atoms with Crippen molar-refractivity contribution in [1.29, 1.82) is 0 Å². The maximum Gasteiger partial charge on any atom is 0.261 e. The third-order valence-electron chi connectivity index (χ3n) is 2.90. The van der Waals surface area contributed by atoms with Crippen molar-refractivity contribution in [2.24, 2.45) is 0 Å². The molecule has 0 spiro atoms. The quantitative estimate of drug-likeness (QED) is 0.765. The number of nitrogens with zero attached hydrogens (tertiary/aromatic N) is 1. The van der Waals surface area contributed by atoms with Gasteiger partial charge in [0.15, 0.2) is 0 Å². The number of amides is 1. The van der Waals surface area contributed by atoms with Crippen LogP contribution in [0.25, 0.3) is 11.1 Å². The molecule has 0 aromatic carbocycles. The number of hydrogen-bond donors (Lipinski definition) is 1. The molecule has 3 heterocycles. The lowest BCUT2D eigenvalue weighted by molar-refractivity contribution is 0.0955. The van der Waals surface area contributed by atoms with Gasteiger partial charge in [-0.25, -0.2) is 0 Å². The van der Waals surface area contributed by atoms with E-state index in [1.165, 1.54) is 11.3 Å². The molecular weight excluding hydrogens is 324 g/mol. The van der Waals surface area contributed by atoms with Crippen LogP contribution in [0.4, 0.5) is 0 Å². The molecule has 0 aliphatic carbocycles. The summed E-state index contributed by atoms with van der Waals surface area (Å²) in [5.74, 6) is -0.118. The first-order valence-corrected chi connectivity index (χ1v) is 8.36. The van der Waals surface area contributed by atoms with E-state index < -0.39 is 0 Å². The Balaban J connectivity index is 1.68. The molecule has 0 atom stereocenters. The molecule has 1 amide bonds. The monoisotopic (exact) mass is 334 g/mol. The summed E-state index contributed by atoms with van der Waals surface area (Å²) in [6, 6.07) is 7.54.